The molecule has 0 aliphatic rings. The predicted octanol–water partition coefficient (Wildman–Crippen LogP) is 2.35. The second-order valence-electron chi connectivity index (χ2n) is 6.15. The summed E-state index contributed by atoms with van der Waals surface area (Å²) in [6.07, 6.45) is 0.873. The Labute approximate surface area is 152 Å². The van der Waals surface area contributed by atoms with Gasteiger partial charge >= 0.3 is 5.97 Å². The van der Waals surface area contributed by atoms with Crippen LogP contribution in [0.15, 0.2) is 24.3 Å². The molecule has 0 fully saturated rings. The maximum atomic E-state index is 12.7. The van der Waals surface area contributed by atoms with Gasteiger partial charge in [0.1, 0.15) is 5.75 Å². The van der Waals surface area contributed by atoms with Crippen molar-refractivity contribution >= 4 is 11.9 Å². The van der Waals surface area contributed by atoms with Gasteiger partial charge in [-0.1, -0.05) is 19.1 Å². The Morgan fingerprint density at radius 2 is 1.85 bits per heavy atom. The number of nitrogens with zero attached hydrogens (tertiary/aromatic N) is 3. The van der Waals surface area contributed by atoms with Crippen molar-refractivity contribution in [2.24, 2.45) is 0 Å². The molecule has 1 aromatic heterocycles. The van der Waals surface area contributed by atoms with E-state index in [2.05, 4.69) is 15.6 Å². The van der Waals surface area contributed by atoms with Gasteiger partial charge in [-0.25, -0.2) is 4.68 Å². The molecule has 2 N–H and O–H groups in total. The fourth-order valence-electron chi connectivity index (χ4n) is 2.82. The minimum atomic E-state index is -0.951. The molecule has 140 valence electrons. The van der Waals surface area contributed by atoms with Crippen LogP contribution in [0.4, 0.5) is 0 Å². The number of hydrogen-bond acceptors (Lipinski definition) is 5. The van der Waals surface area contributed by atoms with Gasteiger partial charge in [0.15, 0.2) is 5.69 Å². The summed E-state index contributed by atoms with van der Waals surface area (Å²) in [6.45, 7) is 5.46. The Bertz CT molecular complexity index is 779. The Morgan fingerprint density at radius 1 is 1.23 bits per heavy atom. The number of benzene rings is 1. The number of aliphatic carboxylic acids is 1. The van der Waals surface area contributed by atoms with E-state index >= 15 is 0 Å². The molecule has 0 radical (unpaired) electrons. The first kappa shape index (κ1) is 19.4. The molecule has 26 heavy (non-hydrogen) atoms. The highest BCUT2D eigenvalue weighted by Crippen LogP contribution is 2.22. The number of methoxy groups -OCH3 is 1. The number of carboxylic acids is 1. The molecule has 0 saturated heterocycles. The molecular formula is C18H24N4O4. The molecule has 0 aliphatic heterocycles. The van der Waals surface area contributed by atoms with E-state index in [0.717, 1.165) is 5.69 Å². The molecule has 2 aromatic rings. The van der Waals surface area contributed by atoms with Crippen molar-refractivity contribution in [2.45, 2.75) is 45.6 Å². The number of aromatic nitrogens is 3. The van der Waals surface area contributed by atoms with Crippen molar-refractivity contribution in [1.29, 1.82) is 0 Å². The first-order chi connectivity index (χ1) is 12.4. The molecule has 0 spiro atoms. The minimum Gasteiger partial charge on any atom is -0.497 e. The van der Waals surface area contributed by atoms with Crippen LogP contribution in [0.2, 0.25) is 0 Å². The van der Waals surface area contributed by atoms with Crippen LogP contribution in [-0.2, 0) is 4.79 Å². The van der Waals surface area contributed by atoms with Gasteiger partial charge in [0.05, 0.1) is 30.5 Å². The van der Waals surface area contributed by atoms with Crippen LogP contribution >= 0.6 is 0 Å². The van der Waals surface area contributed by atoms with Gasteiger partial charge in [-0.2, -0.15) is 0 Å². The largest absolute Gasteiger partial charge is 0.497 e. The molecule has 2 rings (SSSR count). The smallest absolute Gasteiger partial charge is 0.305 e. The Morgan fingerprint density at radius 3 is 2.35 bits per heavy atom. The number of carboxylic acid groups (broad SMARTS) is 1. The second kappa shape index (κ2) is 7.99. The van der Waals surface area contributed by atoms with Gasteiger partial charge in [0.25, 0.3) is 5.91 Å². The molecule has 1 heterocycles. The molecular weight excluding hydrogens is 336 g/mol. The van der Waals surface area contributed by atoms with Gasteiger partial charge in [0.2, 0.25) is 0 Å². The zero-order valence-corrected chi connectivity index (χ0v) is 15.4. The SMILES string of the molecule is CCC(CC)(CC(=O)O)NC(=O)c1nnn(-c2ccc(OC)cc2)c1C. The molecule has 8 heteroatoms. The lowest BCUT2D eigenvalue weighted by Crippen LogP contribution is -2.49. The summed E-state index contributed by atoms with van der Waals surface area (Å²) < 4.78 is 6.69. The summed E-state index contributed by atoms with van der Waals surface area (Å²) in [5, 5.41) is 20.0. The fraction of sp³-hybridized carbons (Fsp3) is 0.444. The van der Waals surface area contributed by atoms with E-state index < -0.39 is 17.4 Å². The van der Waals surface area contributed by atoms with Crippen molar-refractivity contribution in [3.8, 4) is 11.4 Å². The van der Waals surface area contributed by atoms with Crippen molar-refractivity contribution in [2.75, 3.05) is 7.11 Å². The standard InChI is InChI=1S/C18H24N4O4/c1-5-18(6-2,11-15(23)24)19-17(25)16-12(3)22(21-20-16)13-7-9-14(26-4)10-8-13/h7-10H,5-6,11H2,1-4H3,(H,19,25)(H,23,24). The third kappa shape index (κ3) is 4.01. The summed E-state index contributed by atoms with van der Waals surface area (Å²) in [4.78, 5) is 23.9. The van der Waals surface area contributed by atoms with Crippen LogP contribution in [0.3, 0.4) is 0 Å². The molecule has 0 unspecified atom stereocenters. The Kier molecular flexibility index (Phi) is 5.97. The lowest BCUT2D eigenvalue weighted by Gasteiger charge is -2.31. The number of hydrogen-bond donors (Lipinski definition) is 2. The molecule has 1 amide bonds. The van der Waals surface area contributed by atoms with Crippen LogP contribution in [0.5, 0.6) is 5.75 Å². The first-order valence-electron chi connectivity index (χ1n) is 8.46. The monoisotopic (exact) mass is 360 g/mol. The Hall–Kier alpha value is -2.90. The van der Waals surface area contributed by atoms with Gasteiger partial charge < -0.3 is 15.2 Å². The minimum absolute atomic E-state index is 0.141. The highest BCUT2D eigenvalue weighted by Gasteiger charge is 2.32. The van der Waals surface area contributed by atoms with Crippen molar-refractivity contribution in [3.05, 3.63) is 35.7 Å². The number of carbonyl (C=O) groups is 2. The van der Waals surface area contributed by atoms with Gasteiger partial charge in [-0.15, -0.1) is 5.10 Å². The van der Waals surface area contributed by atoms with Crippen LogP contribution < -0.4 is 10.1 Å². The number of rotatable bonds is 8. The highest BCUT2D eigenvalue weighted by atomic mass is 16.5. The van der Waals surface area contributed by atoms with E-state index in [4.69, 9.17) is 9.84 Å². The van der Waals surface area contributed by atoms with E-state index in [-0.39, 0.29) is 12.1 Å². The number of ether oxygens (including phenoxy) is 1. The second-order valence-corrected chi connectivity index (χ2v) is 6.15. The summed E-state index contributed by atoms with van der Waals surface area (Å²) in [5.74, 6) is -0.659. The van der Waals surface area contributed by atoms with Crippen LogP contribution in [0, 0.1) is 6.92 Å². The molecule has 0 aliphatic carbocycles. The highest BCUT2D eigenvalue weighted by molar-refractivity contribution is 5.94. The van der Waals surface area contributed by atoms with E-state index in [1.165, 1.54) is 0 Å². The van der Waals surface area contributed by atoms with Crippen LogP contribution in [0.1, 0.15) is 49.3 Å². The fourth-order valence-corrected chi connectivity index (χ4v) is 2.82. The third-order valence-electron chi connectivity index (χ3n) is 4.65. The van der Waals surface area contributed by atoms with Crippen molar-refractivity contribution in [3.63, 3.8) is 0 Å². The number of nitrogens with one attached hydrogen (secondary N) is 1. The average Bonchev–Trinajstić information content (AvgIpc) is 3.02. The first-order valence-corrected chi connectivity index (χ1v) is 8.46. The normalized spacial score (nSPS) is 11.2. The van der Waals surface area contributed by atoms with Crippen LogP contribution in [-0.4, -0.2) is 44.6 Å². The topological polar surface area (TPSA) is 106 Å². The van der Waals surface area contributed by atoms with Gasteiger partial charge in [-0.3, -0.25) is 9.59 Å². The molecule has 1 aromatic carbocycles. The van der Waals surface area contributed by atoms with E-state index in [9.17, 15) is 9.59 Å². The zero-order valence-electron chi connectivity index (χ0n) is 15.4. The molecule has 0 bridgehead atoms. The molecule has 0 atom stereocenters. The molecule has 8 nitrogen and oxygen atoms in total. The van der Waals surface area contributed by atoms with Gasteiger partial charge in [0, 0.05) is 0 Å². The average molecular weight is 360 g/mol. The maximum absolute atomic E-state index is 12.7. The zero-order chi connectivity index (χ0) is 19.3. The number of amides is 1. The van der Waals surface area contributed by atoms with Crippen molar-refractivity contribution < 1.29 is 19.4 Å². The quantitative estimate of drug-likeness (QED) is 0.748. The van der Waals surface area contributed by atoms with Crippen molar-refractivity contribution in [1.82, 2.24) is 20.3 Å². The molecule has 0 saturated carbocycles. The lowest BCUT2D eigenvalue weighted by atomic mass is 9.88. The third-order valence-corrected chi connectivity index (χ3v) is 4.65. The predicted molar refractivity (Wildman–Crippen MR) is 95.7 cm³/mol. The van der Waals surface area contributed by atoms with Gasteiger partial charge in [-0.05, 0) is 44.0 Å². The lowest BCUT2D eigenvalue weighted by molar-refractivity contribution is -0.138. The Balaban J connectivity index is 2.27. The van der Waals surface area contributed by atoms with E-state index in [0.29, 0.717) is 24.3 Å². The van der Waals surface area contributed by atoms with E-state index in [1.807, 2.05) is 26.0 Å². The summed E-state index contributed by atoms with van der Waals surface area (Å²) in [7, 11) is 1.59. The van der Waals surface area contributed by atoms with Crippen LogP contribution in [0.25, 0.3) is 5.69 Å². The summed E-state index contributed by atoms with van der Waals surface area (Å²) in [5.41, 5.74) is 0.693. The summed E-state index contributed by atoms with van der Waals surface area (Å²) >= 11 is 0. The number of carbonyl (C=O) groups excluding carboxylic acids is 1. The summed E-state index contributed by atoms with van der Waals surface area (Å²) in [6, 6.07) is 7.22. The van der Waals surface area contributed by atoms with E-state index in [1.54, 1.807) is 30.8 Å². The maximum Gasteiger partial charge on any atom is 0.305 e.